The maximum atomic E-state index is 14.1. The summed E-state index contributed by atoms with van der Waals surface area (Å²) < 4.78 is 59.6. The molecular weight excluding hydrogens is 710 g/mol. The fourth-order valence-electron chi connectivity index (χ4n) is 6.12. The Kier molecular flexibility index (Phi) is 10.5. The Bertz CT molecular complexity index is 2260. The van der Waals surface area contributed by atoms with Crippen molar-refractivity contribution in [1.82, 2.24) is 24.1 Å². The molecule has 1 fully saturated rings. The summed E-state index contributed by atoms with van der Waals surface area (Å²) in [4.78, 5) is 51.6. The van der Waals surface area contributed by atoms with Crippen LogP contribution >= 0.6 is 0 Å². The first-order valence-electron chi connectivity index (χ1n) is 16.6. The molecule has 9 rings (SSSR count). The van der Waals surface area contributed by atoms with Crippen molar-refractivity contribution in [3.05, 3.63) is 98.8 Å². The van der Waals surface area contributed by atoms with Gasteiger partial charge >= 0.3 is 5.69 Å². The van der Waals surface area contributed by atoms with Crippen LogP contribution in [0.5, 0.6) is 34.5 Å². The number of aromatic nitrogens is 2. The average Bonchev–Trinajstić information content (AvgIpc) is 3.16. The Morgan fingerprint density at radius 1 is 0.811 bits per heavy atom. The van der Waals surface area contributed by atoms with E-state index in [1.165, 1.54) is 28.3 Å². The third-order valence-electron chi connectivity index (χ3n) is 9.12. The molecule has 5 aliphatic heterocycles. The van der Waals surface area contributed by atoms with Crippen LogP contribution in [0.4, 0.5) is 0 Å². The van der Waals surface area contributed by atoms with Crippen molar-refractivity contribution in [2.75, 3.05) is 40.5 Å². The standard InChI is InChI=1S/C36H39N5O11S/c1-39-22-31(33(43)40(2)35(39)45)53(46,47)41-16-13-36(14-17-41)34(44)38-21-24-5-7-27(20-29(24)49-4)51-30-19-23(6-12-28(30)48-3)32(42)37-15-18-50-25-8-10-26(52-36)11-9-25/h5-12,19-20,22H,13-18,21H2,1-4H3,(H,37,42)(H,38,44). The number of benzene rings is 3. The number of piperidine rings is 1. The van der Waals surface area contributed by atoms with Crippen LogP contribution in [0.3, 0.4) is 0 Å². The van der Waals surface area contributed by atoms with Gasteiger partial charge < -0.3 is 38.9 Å². The summed E-state index contributed by atoms with van der Waals surface area (Å²) in [7, 11) is 1.19. The van der Waals surface area contributed by atoms with E-state index in [4.69, 9.17) is 23.7 Å². The minimum atomic E-state index is -4.34. The van der Waals surface area contributed by atoms with Crippen LogP contribution in [0, 0.1) is 0 Å². The second-order valence-corrected chi connectivity index (χ2v) is 14.4. The molecule has 5 aliphatic rings. The highest BCUT2D eigenvalue weighted by molar-refractivity contribution is 7.89. The number of carbonyl (C=O) groups excluding carboxylic acids is 2. The number of amides is 2. The Morgan fingerprint density at radius 2 is 1.49 bits per heavy atom. The Balaban J connectivity index is 1.30. The number of aryl methyl sites for hydroxylation is 1. The maximum absolute atomic E-state index is 14.1. The van der Waals surface area contributed by atoms with Crippen LogP contribution in [0.25, 0.3) is 0 Å². The second kappa shape index (κ2) is 15.0. The Morgan fingerprint density at radius 3 is 2.19 bits per heavy atom. The predicted octanol–water partition coefficient (Wildman–Crippen LogP) is 1.93. The molecule has 0 unspecified atom stereocenters. The molecule has 16 nitrogen and oxygen atoms in total. The van der Waals surface area contributed by atoms with Crippen LogP contribution in [0.2, 0.25) is 0 Å². The van der Waals surface area contributed by atoms with Crippen molar-refractivity contribution < 1.29 is 41.7 Å². The highest BCUT2D eigenvalue weighted by atomic mass is 32.2. The smallest absolute Gasteiger partial charge is 0.330 e. The Labute approximate surface area is 304 Å². The zero-order valence-electron chi connectivity index (χ0n) is 29.5. The third kappa shape index (κ3) is 7.57. The lowest BCUT2D eigenvalue weighted by molar-refractivity contribution is -0.140. The molecule has 0 aliphatic carbocycles. The summed E-state index contributed by atoms with van der Waals surface area (Å²) in [5, 5.41) is 5.75. The molecule has 6 bridgehead atoms. The largest absolute Gasteiger partial charge is 0.496 e. The lowest BCUT2D eigenvalue weighted by Crippen LogP contribution is -2.58. The first-order valence-corrected chi connectivity index (χ1v) is 18.1. The molecule has 53 heavy (non-hydrogen) atoms. The monoisotopic (exact) mass is 749 g/mol. The molecule has 1 spiro atoms. The quantitative estimate of drug-likeness (QED) is 0.311. The van der Waals surface area contributed by atoms with Crippen LogP contribution in [0.15, 0.2) is 81.3 Å². The summed E-state index contributed by atoms with van der Waals surface area (Å²) in [6.45, 7) is 0.0670. The number of rotatable bonds is 4. The highest BCUT2D eigenvalue weighted by Gasteiger charge is 2.46. The van der Waals surface area contributed by atoms with Crippen molar-refractivity contribution >= 4 is 21.8 Å². The molecule has 1 saturated heterocycles. The number of methoxy groups -OCH3 is 2. The van der Waals surface area contributed by atoms with Gasteiger partial charge in [-0.15, -0.1) is 0 Å². The first kappa shape index (κ1) is 37.0. The number of ether oxygens (including phenoxy) is 5. The van der Waals surface area contributed by atoms with Crippen LogP contribution in [-0.4, -0.2) is 79.7 Å². The van der Waals surface area contributed by atoms with Gasteiger partial charge in [0.2, 0.25) is 10.0 Å². The van der Waals surface area contributed by atoms with Gasteiger partial charge in [-0.05, 0) is 54.6 Å². The number of hydrogen-bond acceptors (Lipinski definition) is 11. The fraction of sp³-hybridized carbons (Fsp3) is 0.333. The van der Waals surface area contributed by atoms with Gasteiger partial charge in [0, 0.05) is 70.0 Å². The molecule has 2 amide bonds. The summed E-state index contributed by atoms with van der Waals surface area (Å²) >= 11 is 0. The molecule has 0 radical (unpaired) electrons. The van der Waals surface area contributed by atoms with Gasteiger partial charge in [-0.1, -0.05) is 0 Å². The molecule has 280 valence electrons. The van der Waals surface area contributed by atoms with E-state index in [1.54, 1.807) is 60.7 Å². The van der Waals surface area contributed by atoms with E-state index in [-0.39, 0.29) is 51.5 Å². The van der Waals surface area contributed by atoms with Gasteiger partial charge in [-0.2, -0.15) is 4.31 Å². The second-order valence-electron chi connectivity index (χ2n) is 12.5. The van der Waals surface area contributed by atoms with E-state index >= 15 is 0 Å². The maximum Gasteiger partial charge on any atom is 0.330 e. The number of nitrogens with zero attached hydrogens (tertiary/aromatic N) is 3. The van der Waals surface area contributed by atoms with Crippen LogP contribution < -0.4 is 45.6 Å². The minimum Gasteiger partial charge on any atom is -0.496 e. The molecule has 6 heterocycles. The molecule has 17 heteroatoms. The molecule has 1 aromatic heterocycles. The summed E-state index contributed by atoms with van der Waals surface area (Å²) in [6.07, 6.45) is 0.881. The summed E-state index contributed by atoms with van der Waals surface area (Å²) in [6, 6.07) is 16.4. The molecule has 3 aromatic carbocycles. The van der Waals surface area contributed by atoms with Crippen LogP contribution in [0.1, 0.15) is 28.8 Å². The van der Waals surface area contributed by atoms with E-state index < -0.39 is 37.7 Å². The zero-order valence-corrected chi connectivity index (χ0v) is 30.4. The lowest BCUT2D eigenvalue weighted by atomic mass is 9.90. The van der Waals surface area contributed by atoms with Crippen LogP contribution in [-0.2, 0) is 35.5 Å². The molecule has 0 saturated carbocycles. The topological polar surface area (TPSA) is 186 Å². The van der Waals surface area contributed by atoms with Crippen molar-refractivity contribution in [3.8, 4) is 34.5 Å². The average molecular weight is 750 g/mol. The number of carbonyl (C=O) groups is 2. The predicted molar refractivity (Wildman–Crippen MR) is 190 cm³/mol. The lowest BCUT2D eigenvalue weighted by Gasteiger charge is -2.40. The van der Waals surface area contributed by atoms with Gasteiger partial charge in [0.15, 0.2) is 22.0 Å². The fourth-order valence-corrected chi connectivity index (χ4v) is 7.71. The van der Waals surface area contributed by atoms with Crippen molar-refractivity contribution in [3.63, 3.8) is 0 Å². The van der Waals surface area contributed by atoms with Crippen molar-refractivity contribution in [2.24, 2.45) is 14.1 Å². The van der Waals surface area contributed by atoms with E-state index in [0.717, 1.165) is 19.6 Å². The summed E-state index contributed by atoms with van der Waals surface area (Å²) in [5.41, 5.74) is -2.16. The SMILES string of the molecule is COc1cc2ccc1CNC(=O)C1(CCN(S(=O)(=O)c3cn(C)c(=O)n(C)c3=O)CC1)Oc1ccc(cc1)OCCNC(=O)c1ccc(OC)c(c1)O2. The number of hydrogen-bond donors (Lipinski definition) is 2. The van der Waals surface area contributed by atoms with Gasteiger partial charge in [-0.25, -0.2) is 13.2 Å². The Hall–Kier alpha value is -5.81. The molecule has 4 aromatic rings. The van der Waals surface area contributed by atoms with E-state index in [2.05, 4.69) is 10.6 Å². The first-order chi connectivity index (χ1) is 25.3. The highest BCUT2D eigenvalue weighted by Crippen LogP contribution is 2.36. The normalized spacial score (nSPS) is 16.6. The van der Waals surface area contributed by atoms with E-state index in [1.807, 2.05) is 0 Å². The molecule has 0 atom stereocenters. The van der Waals surface area contributed by atoms with Gasteiger partial charge in [-0.3, -0.25) is 19.0 Å². The molecule has 2 N–H and O–H groups in total. The van der Waals surface area contributed by atoms with Crippen molar-refractivity contribution in [1.29, 1.82) is 0 Å². The van der Waals surface area contributed by atoms with Crippen molar-refractivity contribution in [2.45, 2.75) is 29.9 Å². The zero-order chi connectivity index (χ0) is 37.9. The van der Waals surface area contributed by atoms with E-state index in [0.29, 0.717) is 45.6 Å². The summed E-state index contributed by atoms with van der Waals surface area (Å²) in [5.74, 6) is 1.48. The third-order valence-corrected chi connectivity index (χ3v) is 11.0. The van der Waals surface area contributed by atoms with E-state index in [9.17, 15) is 27.6 Å². The van der Waals surface area contributed by atoms with Gasteiger partial charge in [0.1, 0.15) is 29.6 Å². The molecular formula is C36H39N5O11S. The number of sulfonamides is 1. The number of nitrogens with one attached hydrogen (secondary N) is 2. The van der Waals surface area contributed by atoms with Gasteiger partial charge in [0.05, 0.1) is 20.8 Å². The van der Waals surface area contributed by atoms with Gasteiger partial charge in [0.25, 0.3) is 17.4 Å². The minimum absolute atomic E-state index is 0.0231.